The number of nitrogens with two attached hydrogens (primary N) is 1. The molecule has 17 heavy (non-hydrogen) atoms. The van der Waals surface area contributed by atoms with E-state index in [-0.39, 0.29) is 22.4 Å². The molecule has 0 atom stereocenters. The number of rotatable bonds is 3. The molecule has 2 rings (SSSR count). The normalized spacial score (nSPS) is 24.3. The minimum absolute atomic E-state index is 0.0185. The highest BCUT2D eigenvalue weighted by molar-refractivity contribution is 7.89. The maximum atomic E-state index is 12.0. The molecular weight excluding hydrogens is 240 g/mol. The van der Waals surface area contributed by atoms with E-state index in [0.29, 0.717) is 5.92 Å². The van der Waals surface area contributed by atoms with Crippen molar-refractivity contribution in [1.29, 1.82) is 0 Å². The van der Waals surface area contributed by atoms with Gasteiger partial charge in [0.05, 0.1) is 10.6 Å². The number of sulfonamides is 1. The molecule has 0 radical (unpaired) electrons. The summed E-state index contributed by atoms with van der Waals surface area (Å²) < 4.78 is 26.5. The lowest BCUT2D eigenvalue weighted by Crippen LogP contribution is -2.43. The summed E-state index contributed by atoms with van der Waals surface area (Å²) in [5, 5.41) is 9.24. The number of hydrogen-bond donors (Lipinski definition) is 3. The summed E-state index contributed by atoms with van der Waals surface area (Å²) in [5.41, 5.74) is 5.54. The Labute approximate surface area is 101 Å². The van der Waals surface area contributed by atoms with Gasteiger partial charge in [0.15, 0.2) is 0 Å². The van der Waals surface area contributed by atoms with Crippen molar-refractivity contribution in [2.75, 3.05) is 5.73 Å². The molecule has 94 valence electrons. The van der Waals surface area contributed by atoms with Gasteiger partial charge in [-0.2, -0.15) is 0 Å². The van der Waals surface area contributed by atoms with Crippen LogP contribution in [0.15, 0.2) is 23.1 Å². The van der Waals surface area contributed by atoms with Gasteiger partial charge in [-0.3, -0.25) is 0 Å². The molecule has 0 aromatic heterocycles. The highest BCUT2D eigenvalue weighted by Gasteiger charge is 2.29. The Morgan fingerprint density at radius 3 is 2.59 bits per heavy atom. The van der Waals surface area contributed by atoms with E-state index in [1.165, 1.54) is 18.2 Å². The Kier molecular flexibility index (Phi) is 3.01. The summed E-state index contributed by atoms with van der Waals surface area (Å²) in [6.45, 7) is 2.09. The highest BCUT2D eigenvalue weighted by Crippen LogP contribution is 2.29. The van der Waals surface area contributed by atoms with Crippen LogP contribution in [-0.2, 0) is 10.0 Å². The third-order valence-electron chi connectivity index (χ3n) is 3.00. The Bertz CT molecular complexity index is 522. The van der Waals surface area contributed by atoms with Crippen LogP contribution in [0.4, 0.5) is 5.69 Å². The molecule has 1 aliphatic carbocycles. The summed E-state index contributed by atoms with van der Waals surface area (Å²) in [5.74, 6) is 0.466. The number of benzene rings is 1. The molecule has 1 fully saturated rings. The van der Waals surface area contributed by atoms with Crippen LogP contribution < -0.4 is 10.5 Å². The zero-order chi connectivity index (χ0) is 12.6. The summed E-state index contributed by atoms with van der Waals surface area (Å²) in [6.07, 6.45) is 1.74. The fourth-order valence-corrected chi connectivity index (χ4v) is 3.28. The molecule has 6 heteroatoms. The summed E-state index contributed by atoms with van der Waals surface area (Å²) in [6, 6.07) is 3.91. The molecule has 5 nitrogen and oxygen atoms in total. The average Bonchev–Trinajstić information content (AvgIpc) is 2.19. The predicted octanol–water partition coefficient (Wildman–Crippen LogP) is 1.05. The van der Waals surface area contributed by atoms with Crippen LogP contribution in [0.2, 0.25) is 0 Å². The first-order valence-electron chi connectivity index (χ1n) is 5.49. The third-order valence-corrected chi connectivity index (χ3v) is 4.52. The van der Waals surface area contributed by atoms with Crippen molar-refractivity contribution in [3.63, 3.8) is 0 Å². The predicted molar refractivity (Wildman–Crippen MR) is 65.0 cm³/mol. The van der Waals surface area contributed by atoms with E-state index in [0.717, 1.165) is 12.8 Å². The fourth-order valence-electron chi connectivity index (χ4n) is 1.99. The molecule has 0 bridgehead atoms. The van der Waals surface area contributed by atoms with E-state index in [2.05, 4.69) is 11.6 Å². The first-order chi connectivity index (χ1) is 7.88. The highest BCUT2D eigenvalue weighted by atomic mass is 32.2. The minimum Gasteiger partial charge on any atom is -0.506 e. The van der Waals surface area contributed by atoms with Crippen molar-refractivity contribution in [2.45, 2.75) is 30.7 Å². The number of nitrogen functional groups attached to an aromatic ring is 1. The zero-order valence-corrected chi connectivity index (χ0v) is 10.4. The Morgan fingerprint density at radius 2 is 2.06 bits per heavy atom. The van der Waals surface area contributed by atoms with Gasteiger partial charge in [0, 0.05) is 6.04 Å². The number of nitrogens with one attached hydrogen (secondary N) is 1. The molecule has 1 aliphatic rings. The molecule has 0 amide bonds. The van der Waals surface area contributed by atoms with Crippen LogP contribution in [0.3, 0.4) is 0 Å². The average molecular weight is 256 g/mol. The molecular formula is C11H16N2O3S. The van der Waals surface area contributed by atoms with Crippen molar-refractivity contribution >= 4 is 15.7 Å². The molecule has 0 spiro atoms. The molecule has 1 saturated carbocycles. The van der Waals surface area contributed by atoms with Crippen LogP contribution in [0.25, 0.3) is 0 Å². The van der Waals surface area contributed by atoms with Crippen LogP contribution in [0.5, 0.6) is 5.75 Å². The summed E-state index contributed by atoms with van der Waals surface area (Å²) in [7, 11) is -3.52. The molecule has 1 aromatic carbocycles. The standard InChI is InChI=1S/C11H16N2O3S/c1-7-4-8(5-7)13-17(15,16)9-2-3-11(14)10(12)6-9/h2-3,6-8,13-14H,4-5,12H2,1H3. The first kappa shape index (κ1) is 12.2. The second kappa shape index (κ2) is 4.19. The van der Waals surface area contributed by atoms with E-state index < -0.39 is 10.0 Å². The molecule has 4 N–H and O–H groups in total. The topological polar surface area (TPSA) is 92.4 Å². The zero-order valence-electron chi connectivity index (χ0n) is 9.55. The number of phenols is 1. The van der Waals surface area contributed by atoms with Gasteiger partial charge in [0.25, 0.3) is 0 Å². The Morgan fingerprint density at radius 1 is 1.41 bits per heavy atom. The molecule has 0 aliphatic heterocycles. The Hall–Kier alpha value is -1.27. The maximum Gasteiger partial charge on any atom is 0.240 e. The van der Waals surface area contributed by atoms with E-state index in [1.54, 1.807) is 0 Å². The number of aromatic hydroxyl groups is 1. The number of phenolic OH excluding ortho intramolecular Hbond substituents is 1. The van der Waals surface area contributed by atoms with Gasteiger partial charge in [0.2, 0.25) is 10.0 Å². The van der Waals surface area contributed by atoms with Crippen LogP contribution in [0, 0.1) is 5.92 Å². The number of hydrogen-bond acceptors (Lipinski definition) is 4. The SMILES string of the molecule is CC1CC(NS(=O)(=O)c2ccc(O)c(N)c2)C1. The van der Waals surface area contributed by atoms with Crippen molar-refractivity contribution in [1.82, 2.24) is 4.72 Å². The monoisotopic (exact) mass is 256 g/mol. The lowest BCUT2D eigenvalue weighted by atomic mass is 9.83. The first-order valence-corrected chi connectivity index (χ1v) is 6.97. The molecule has 0 heterocycles. The van der Waals surface area contributed by atoms with Crippen LogP contribution >= 0.6 is 0 Å². The van der Waals surface area contributed by atoms with Crippen molar-refractivity contribution < 1.29 is 13.5 Å². The van der Waals surface area contributed by atoms with Gasteiger partial charge in [-0.1, -0.05) is 6.92 Å². The largest absolute Gasteiger partial charge is 0.506 e. The van der Waals surface area contributed by atoms with E-state index in [1.807, 2.05) is 0 Å². The molecule has 0 unspecified atom stereocenters. The second-order valence-corrected chi connectivity index (χ2v) is 6.33. The van der Waals surface area contributed by atoms with Crippen molar-refractivity contribution in [2.24, 2.45) is 5.92 Å². The Balaban J connectivity index is 2.17. The van der Waals surface area contributed by atoms with Gasteiger partial charge in [0.1, 0.15) is 5.75 Å². The molecule has 1 aromatic rings. The van der Waals surface area contributed by atoms with Crippen molar-refractivity contribution in [3.8, 4) is 5.75 Å². The van der Waals surface area contributed by atoms with Gasteiger partial charge >= 0.3 is 0 Å². The fraction of sp³-hybridized carbons (Fsp3) is 0.455. The maximum absolute atomic E-state index is 12.0. The van der Waals surface area contributed by atoms with Crippen LogP contribution in [-0.4, -0.2) is 19.6 Å². The summed E-state index contributed by atoms with van der Waals surface area (Å²) in [4.78, 5) is 0.0901. The van der Waals surface area contributed by atoms with Gasteiger partial charge in [-0.05, 0) is 37.0 Å². The van der Waals surface area contributed by atoms with E-state index >= 15 is 0 Å². The lowest BCUT2D eigenvalue weighted by Gasteiger charge is -2.32. The van der Waals surface area contributed by atoms with Gasteiger partial charge < -0.3 is 10.8 Å². The third kappa shape index (κ3) is 2.53. The second-order valence-electron chi connectivity index (χ2n) is 4.62. The lowest BCUT2D eigenvalue weighted by molar-refractivity contribution is 0.270. The van der Waals surface area contributed by atoms with Crippen molar-refractivity contribution in [3.05, 3.63) is 18.2 Å². The smallest absolute Gasteiger partial charge is 0.240 e. The number of anilines is 1. The van der Waals surface area contributed by atoms with E-state index in [4.69, 9.17) is 5.73 Å². The van der Waals surface area contributed by atoms with Crippen LogP contribution in [0.1, 0.15) is 19.8 Å². The quantitative estimate of drug-likeness (QED) is 0.556. The molecule has 0 saturated heterocycles. The van der Waals surface area contributed by atoms with Gasteiger partial charge in [-0.25, -0.2) is 13.1 Å². The summed E-state index contributed by atoms with van der Waals surface area (Å²) >= 11 is 0. The van der Waals surface area contributed by atoms with Gasteiger partial charge in [-0.15, -0.1) is 0 Å². The van der Waals surface area contributed by atoms with E-state index in [9.17, 15) is 13.5 Å². The minimum atomic E-state index is -3.52.